The second kappa shape index (κ2) is 7.86. The van der Waals surface area contributed by atoms with Crippen molar-refractivity contribution in [1.29, 1.82) is 0 Å². The second-order valence-electron chi connectivity index (χ2n) is 6.54. The first-order chi connectivity index (χ1) is 13.6. The fourth-order valence-electron chi connectivity index (χ4n) is 3.31. The third-order valence-corrected chi connectivity index (χ3v) is 4.90. The minimum atomic E-state index is -0.436. The zero-order valence-electron chi connectivity index (χ0n) is 15.0. The molecule has 1 fully saturated rings. The maximum absolute atomic E-state index is 12.9. The molecule has 4 rings (SSSR count). The second-order valence-corrected chi connectivity index (χ2v) is 6.98. The van der Waals surface area contributed by atoms with E-state index < -0.39 is 5.91 Å². The minimum absolute atomic E-state index is 0.0642. The normalized spacial score (nSPS) is 13.5. The summed E-state index contributed by atoms with van der Waals surface area (Å²) in [5, 5.41) is 3.27. The molecule has 2 heterocycles. The van der Waals surface area contributed by atoms with Crippen molar-refractivity contribution >= 4 is 29.1 Å². The number of carbonyl (C=O) groups excluding carboxylic acids is 2. The summed E-state index contributed by atoms with van der Waals surface area (Å²) in [5.41, 5.74) is 1.71. The van der Waals surface area contributed by atoms with E-state index in [9.17, 15) is 9.59 Å². The van der Waals surface area contributed by atoms with Crippen LogP contribution in [0.4, 0.5) is 5.69 Å². The average Bonchev–Trinajstić information content (AvgIpc) is 3.39. The summed E-state index contributed by atoms with van der Waals surface area (Å²) in [7, 11) is 0. The number of amides is 2. The van der Waals surface area contributed by atoms with Crippen LogP contribution in [0.15, 0.2) is 59.3 Å². The summed E-state index contributed by atoms with van der Waals surface area (Å²) in [4.78, 5) is 31.6. The molecule has 0 spiro atoms. The molecule has 0 saturated carbocycles. The SMILES string of the molecule is O=C(Nc1cccc(Cl)c1)c1ncoc1-c1ccccc1C(=O)N1CCCC1. The molecular formula is C21H18ClN3O3. The highest BCUT2D eigenvalue weighted by atomic mass is 35.5. The molecule has 0 radical (unpaired) electrons. The topological polar surface area (TPSA) is 75.4 Å². The van der Waals surface area contributed by atoms with Gasteiger partial charge in [0.2, 0.25) is 0 Å². The Bertz CT molecular complexity index is 1020. The zero-order chi connectivity index (χ0) is 19.5. The van der Waals surface area contributed by atoms with Gasteiger partial charge in [0, 0.05) is 29.4 Å². The van der Waals surface area contributed by atoms with Crippen LogP contribution in [0, 0.1) is 0 Å². The van der Waals surface area contributed by atoms with Gasteiger partial charge in [-0.05, 0) is 37.1 Å². The van der Waals surface area contributed by atoms with Gasteiger partial charge in [-0.15, -0.1) is 0 Å². The summed E-state index contributed by atoms with van der Waals surface area (Å²) in [6.45, 7) is 1.48. The monoisotopic (exact) mass is 395 g/mol. The van der Waals surface area contributed by atoms with Gasteiger partial charge in [-0.3, -0.25) is 9.59 Å². The predicted molar refractivity (Wildman–Crippen MR) is 106 cm³/mol. The van der Waals surface area contributed by atoms with Crippen LogP contribution in [-0.2, 0) is 0 Å². The fourth-order valence-corrected chi connectivity index (χ4v) is 3.50. The van der Waals surface area contributed by atoms with Gasteiger partial charge in [0.1, 0.15) is 0 Å². The van der Waals surface area contributed by atoms with Crippen LogP contribution in [-0.4, -0.2) is 34.8 Å². The van der Waals surface area contributed by atoms with Crippen molar-refractivity contribution in [2.75, 3.05) is 18.4 Å². The Labute approximate surface area is 167 Å². The number of aromatic nitrogens is 1. The number of nitrogens with one attached hydrogen (secondary N) is 1. The first kappa shape index (κ1) is 18.3. The van der Waals surface area contributed by atoms with E-state index in [0.29, 0.717) is 21.8 Å². The highest BCUT2D eigenvalue weighted by Gasteiger charge is 2.26. The van der Waals surface area contributed by atoms with Crippen molar-refractivity contribution in [3.63, 3.8) is 0 Å². The highest BCUT2D eigenvalue weighted by molar-refractivity contribution is 6.31. The van der Waals surface area contributed by atoms with Gasteiger partial charge in [-0.2, -0.15) is 0 Å². The van der Waals surface area contributed by atoms with Crippen molar-refractivity contribution in [2.24, 2.45) is 0 Å². The molecule has 1 aliphatic rings. The van der Waals surface area contributed by atoms with E-state index in [1.54, 1.807) is 48.5 Å². The largest absolute Gasteiger partial charge is 0.443 e. The van der Waals surface area contributed by atoms with Gasteiger partial charge < -0.3 is 14.6 Å². The number of oxazole rings is 1. The number of anilines is 1. The molecule has 0 aliphatic carbocycles. The number of halogens is 1. The summed E-state index contributed by atoms with van der Waals surface area (Å²) in [6, 6.07) is 14.0. The molecule has 2 amide bonds. The van der Waals surface area contributed by atoms with Crippen molar-refractivity contribution in [3.8, 4) is 11.3 Å². The molecule has 3 aromatic rings. The summed E-state index contributed by atoms with van der Waals surface area (Å²) >= 11 is 5.97. The molecule has 1 N–H and O–H groups in total. The zero-order valence-corrected chi connectivity index (χ0v) is 15.8. The number of hydrogen-bond donors (Lipinski definition) is 1. The van der Waals surface area contributed by atoms with Crippen molar-refractivity contribution < 1.29 is 14.0 Å². The van der Waals surface area contributed by atoms with Gasteiger partial charge >= 0.3 is 0 Å². The lowest BCUT2D eigenvalue weighted by Gasteiger charge is -2.17. The molecule has 28 heavy (non-hydrogen) atoms. The van der Waals surface area contributed by atoms with Crippen LogP contribution in [0.25, 0.3) is 11.3 Å². The van der Waals surface area contributed by atoms with Crippen molar-refractivity contribution in [3.05, 3.63) is 71.2 Å². The maximum Gasteiger partial charge on any atom is 0.278 e. The third kappa shape index (κ3) is 3.64. The number of nitrogens with zero attached hydrogens (tertiary/aromatic N) is 2. The van der Waals surface area contributed by atoms with Crippen LogP contribution in [0.1, 0.15) is 33.7 Å². The van der Waals surface area contributed by atoms with E-state index in [4.69, 9.17) is 16.0 Å². The molecule has 142 valence electrons. The quantitative estimate of drug-likeness (QED) is 0.706. The van der Waals surface area contributed by atoms with Gasteiger partial charge in [0.15, 0.2) is 17.8 Å². The molecule has 6 nitrogen and oxygen atoms in total. The summed E-state index contributed by atoms with van der Waals surface area (Å²) < 4.78 is 5.52. The van der Waals surface area contributed by atoms with E-state index in [1.807, 2.05) is 4.90 Å². The van der Waals surface area contributed by atoms with E-state index in [0.717, 1.165) is 25.9 Å². The summed E-state index contributed by atoms with van der Waals surface area (Å²) in [5.74, 6) is -0.234. The lowest BCUT2D eigenvalue weighted by molar-refractivity contribution is 0.0793. The number of rotatable bonds is 4. The molecule has 0 bridgehead atoms. The van der Waals surface area contributed by atoms with E-state index in [2.05, 4.69) is 10.3 Å². The Morgan fingerprint density at radius 2 is 1.86 bits per heavy atom. The molecular weight excluding hydrogens is 378 g/mol. The molecule has 1 saturated heterocycles. The van der Waals surface area contributed by atoms with Crippen LogP contribution >= 0.6 is 11.6 Å². The van der Waals surface area contributed by atoms with Gasteiger partial charge in [0.25, 0.3) is 11.8 Å². The lowest BCUT2D eigenvalue weighted by atomic mass is 10.0. The van der Waals surface area contributed by atoms with Gasteiger partial charge in [-0.1, -0.05) is 35.9 Å². The Hall–Kier alpha value is -3.12. The van der Waals surface area contributed by atoms with Crippen LogP contribution in [0.2, 0.25) is 5.02 Å². The maximum atomic E-state index is 12.9. The van der Waals surface area contributed by atoms with Crippen LogP contribution < -0.4 is 5.32 Å². The first-order valence-electron chi connectivity index (χ1n) is 9.02. The first-order valence-corrected chi connectivity index (χ1v) is 9.40. The van der Waals surface area contributed by atoms with Crippen molar-refractivity contribution in [1.82, 2.24) is 9.88 Å². The molecule has 0 atom stereocenters. The molecule has 7 heteroatoms. The highest BCUT2D eigenvalue weighted by Crippen LogP contribution is 2.29. The van der Waals surface area contributed by atoms with E-state index >= 15 is 0 Å². The molecule has 2 aromatic carbocycles. The summed E-state index contributed by atoms with van der Waals surface area (Å²) in [6.07, 6.45) is 3.21. The Morgan fingerprint density at radius 1 is 1.07 bits per heavy atom. The number of carbonyl (C=O) groups is 2. The molecule has 1 aromatic heterocycles. The molecule has 1 aliphatic heterocycles. The van der Waals surface area contributed by atoms with E-state index in [1.165, 1.54) is 6.39 Å². The number of hydrogen-bond acceptors (Lipinski definition) is 4. The Kier molecular flexibility index (Phi) is 5.12. The van der Waals surface area contributed by atoms with Gasteiger partial charge in [-0.25, -0.2) is 4.98 Å². The average molecular weight is 396 g/mol. The smallest absolute Gasteiger partial charge is 0.278 e. The van der Waals surface area contributed by atoms with Crippen LogP contribution in [0.5, 0.6) is 0 Å². The standard InChI is InChI=1S/C21H18ClN3O3/c22-14-6-5-7-15(12-14)24-20(26)18-19(28-13-23-18)16-8-1-2-9-17(16)21(27)25-10-3-4-11-25/h1-2,5-9,12-13H,3-4,10-11H2,(H,24,26). The lowest BCUT2D eigenvalue weighted by Crippen LogP contribution is -2.28. The van der Waals surface area contributed by atoms with Crippen molar-refractivity contribution in [2.45, 2.75) is 12.8 Å². The molecule has 0 unspecified atom stereocenters. The Balaban J connectivity index is 1.66. The fraction of sp³-hybridized carbons (Fsp3) is 0.190. The number of likely N-dealkylation sites (tertiary alicyclic amines) is 1. The van der Waals surface area contributed by atoms with E-state index in [-0.39, 0.29) is 17.4 Å². The van der Waals surface area contributed by atoms with Gasteiger partial charge in [0.05, 0.1) is 5.56 Å². The predicted octanol–water partition coefficient (Wildman–Crippen LogP) is 4.48. The third-order valence-electron chi connectivity index (χ3n) is 4.66. The Morgan fingerprint density at radius 3 is 2.64 bits per heavy atom. The minimum Gasteiger partial charge on any atom is -0.443 e. The van der Waals surface area contributed by atoms with Crippen LogP contribution in [0.3, 0.4) is 0 Å². The number of benzene rings is 2.